The number of nitrogens with one attached hydrogen (secondary N) is 1. The molecule has 3 nitrogen and oxygen atoms in total. The summed E-state index contributed by atoms with van der Waals surface area (Å²) in [5, 5.41) is 3.88. The first-order valence-electron chi connectivity index (χ1n) is 7.38. The molecule has 3 atom stereocenters. The largest absolute Gasteiger partial charge is 0.353 e. The highest BCUT2D eigenvalue weighted by atomic mass is 32.2. The summed E-state index contributed by atoms with van der Waals surface area (Å²) in [7, 11) is 0. The first-order valence-corrected chi connectivity index (χ1v) is 8.66. The molecule has 0 aromatic carbocycles. The van der Waals surface area contributed by atoms with E-state index in [0.717, 1.165) is 19.3 Å². The van der Waals surface area contributed by atoms with Crippen molar-refractivity contribution in [2.45, 2.75) is 76.6 Å². The van der Waals surface area contributed by atoms with Crippen LogP contribution in [0.25, 0.3) is 0 Å². The van der Waals surface area contributed by atoms with E-state index >= 15 is 0 Å². The Hall–Kier alpha value is -0.220. The van der Waals surface area contributed by atoms with E-state index in [1.807, 2.05) is 11.8 Å². The van der Waals surface area contributed by atoms with Crippen LogP contribution in [0, 0.1) is 5.41 Å². The summed E-state index contributed by atoms with van der Waals surface area (Å²) in [5.41, 5.74) is 6.24. The molecule has 1 aliphatic rings. The van der Waals surface area contributed by atoms with Gasteiger partial charge in [-0.1, -0.05) is 27.2 Å². The van der Waals surface area contributed by atoms with Crippen LogP contribution in [0.15, 0.2) is 0 Å². The zero-order valence-corrected chi connectivity index (χ0v) is 13.7. The number of nitrogens with two attached hydrogens (primary N) is 1. The topological polar surface area (TPSA) is 55.1 Å². The third-order valence-electron chi connectivity index (χ3n) is 3.65. The minimum absolute atomic E-state index is 0.0278. The molecule has 0 aromatic heterocycles. The van der Waals surface area contributed by atoms with Crippen molar-refractivity contribution in [2.24, 2.45) is 11.1 Å². The molecule has 0 aliphatic heterocycles. The molecule has 4 heteroatoms. The summed E-state index contributed by atoms with van der Waals surface area (Å²) < 4.78 is 0. The Labute approximate surface area is 122 Å². The van der Waals surface area contributed by atoms with Gasteiger partial charge in [0.1, 0.15) is 0 Å². The van der Waals surface area contributed by atoms with Crippen LogP contribution in [0.2, 0.25) is 0 Å². The average molecular weight is 286 g/mol. The van der Waals surface area contributed by atoms with Crippen LogP contribution in [0.3, 0.4) is 0 Å². The van der Waals surface area contributed by atoms with Crippen molar-refractivity contribution < 1.29 is 4.79 Å². The van der Waals surface area contributed by atoms with E-state index in [2.05, 4.69) is 32.3 Å². The number of thioether (sulfide) groups is 1. The van der Waals surface area contributed by atoms with Gasteiger partial charge in [0.15, 0.2) is 0 Å². The molecule has 1 saturated carbocycles. The molecule has 0 aromatic rings. The molecule has 1 rings (SSSR count). The third-order valence-corrected chi connectivity index (χ3v) is 4.74. The first kappa shape index (κ1) is 16.8. The zero-order chi connectivity index (χ0) is 14.5. The Morgan fingerprint density at radius 2 is 2.11 bits per heavy atom. The number of carbonyl (C=O) groups is 1. The van der Waals surface area contributed by atoms with Gasteiger partial charge in [0.05, 0.1) is 0 Å². The number of amides is 1. The molecular weight excluding hydrogens is 256 g/mol. The van der Waals surface area contributed by atoms with Gasteiger partial charge in [0.2, 0.25) is 5.91 Å². The lowest BCUT2D eigenvalue weighted by Crippen LogP contribution is -2.42. The van der Waals surface area contributed by atoms with Gasteiger partial charge < -0.3 is 11.1 Å². The molecule has 3 N–H and O–H groups in total. The van der Waals surface area contributed by atoms with Gasteiger partial charge in [-0.15, -0.1) is 0 Å². The molecule has 0 spiro atoms. The minimum atomic E-state index is -0.0278. The summed E-state index contributed by atoms with van der Waals surface area (Å²) >= 11 is 1.92. The fourth-order valence-electron chi connectivity index (χ4n) is 2.87. The maximum absolute atomic E-state index is 12.0. The van der Waals surface area contributed by atoms with E-state index in [-0.39, 0.29) is 17.4 Å². The highest BCUT2D eigenvalue weighted by molar-refractivity contribution is 7.99. The lowest BCUT2D eigenvalue weighted by atomic mass is 9.87. The molecule has 3 unspecified atom stereocenters. The van der Waals surface area contributed by atoms with Crippen LogP contribution in [-0.2, 0) is 4.79 Å². The summed E-state index contributed by atoms with van der Waals surface area (Å²) in [5.74, 6) is 0.128. The van der Waals surface area contributed by atoms with Gasteiger partial charge in [-0.3, -0.25) is 4.79 Å². The maximum atomic E-state index is 12.0. The van der Waals surface area contributed by atoms with E-state index in [1.165, 1.54) is 12.8 Å². The number of hydrogen-bond donors (Lipinski definition) is 2. The molecule has 0 radical (unpaired) electrons. The molecule has 0 saturated heterocycles. The highest BCUT2D eigenvalue weighted by Gasteiger charge is 2.24. The van der Waals surface area contributed by atoms with E-state index in [0.29, 0.717) is 17.7 Å². The number of rotatable bonds is 5. The van der Waals surface area contributed by atoms with Crippen molar-refractivity contribution in [2.75, 3.05) is 6.26 Å². The monoisotopic (exact) mass is 286 g/mol. The predicted molar refractivity (Wildman–Crippen MR) is 84.4 cm³/mol. The third kappa shape index (κ3) is 7.21. The standard InChI is InChI=1S/C15H30N2OS/c1-15(2,3)10-11(16)8-14(18)17-12-6-5-7-13(9-12)19-4/h11-13H,5-10,16H2,1-4H3,(H,17,18). The van der Waals surface area contributed by atoms with Crippen molar-refractivity contribution in [3.8, 4) is 0 Å². The Bertz CT molecular complexity index is 288. The second-order valence-corrected chi connectivity index (χ2v) is 8.16. The quantitative estimate of drug-likeness (QED) is 0.817. The van der Waals surface area contributed by atoms with Crippen molar-refractivity contribution in [3.63, 3.8) is 0 Å². The van der Waals surface area contributed by atoms with Crippen LogP contribution >= 0.6 is 11.8 Å². The Morgan fingerprint density at radius 1 is 1.42 bits per heavy atom. The van der Waals surface area contributed by atoms with Crippen molar-refractivity contribution >= 4 is 17.7 Å². The van der Waals surface area contributed by atoms with Crippen LogP contribution in [0.1, 0.15) is 59.3 Å². The molecule has 0 bridgehead atoms. The number of hydrogen-bond acceptors (Lipinski definition) is 3. The van der Waals surface area contributed by atoms with E-state index < -0.39 is 0 Å². The van der Waals surface area contributed by atoms with E-state index in [1.54, 1.807) is 0 Å². The van der Waals surface area contributed by atoms with Crippen LogP contribution in [0.5, 0.6) is 0 Å². The molecule has 112 valence electrons. The Morgan fingerprint density at radius 3 is 2.68 bits per heavy atom. The molecule has 19 heavy (non-hydrogen) atoms. The summed E-state index contributed by atoms with van der Waals surface area (Å²) in [6.45, 7) is 6.49. The van der Waals surface area contributed by atoms with Gasteiger partial charge in [0.25, 0.3) is 0 Å². The van der Waals surface area contributed by atoms with Gasteiger partial charge in [-0.25, -0.2) is 0 Å². The Kier molecular flexibility index (Phi) is 6.67. The fraction of sp³-hybridized carbons (Fsp3) is 0.933. The summed E-state index contributed by atoms with van der Waals surface area (Å²) in [6, 6.07) is 0.334. The summed E-state index contributed by atoms with van der Waals surface area (Å²) in [6.07, 6.45) is 8.25. The molecule has 1 fully saturated rings. The second kappa shape index (κ2) is 7.53. The lowest BCUT2D eigenvalue weighted by Gasteiger charge is -2.29. The first-order chi connectivity index (χ1) is 8.80. The van der Waals surface area contributed by atoms with Gasteiger partial charge in [-0.05, 0) is 37.4 Å². The SMILES string of the molecule is CSC1CCCC(NC(=O)CC(N)CC(C)(C)C)C1. The van der Waals surface area contributed by atoms with Crippen molar-refractivity contribution in [3.05, 3.63) is 0 Å². The average Bonchev–Trinajstić information content (AvgIpc) is 2.26. The lowest BCUT2D eigenvalue weighted by molar-refractivity contribution is -0.122. The van der Waals surface area contributed by atoms with Crippen LogP contribution in [0.4, 0.5) is 0 Å². The minimum Gasteiger partial charge on any atom is -0.353 e. The van der Waals surface area contributed by atoms with Crippen molar-refractivity contribution in [1.82, 2.24) is 5.32 Å². The second-order valence-electron chi connectivity index (χ2n) is 7.02. The Balaban J connectivity index is 2.30. The molecule has 1 aliphatic carbocycles. The van der Waals surface area contributed by atoms with Gasteiger partial charge in [-0.2, -0.15) is 11.8 Å². The van der Waals surface area contributed by atoms with E-state index in [9.17, 15) is 4.79 Å². The smallest absolute Gasteiger partial charge is 0.221 e. The highest BCUT2D eigenvalue weighted by Crippen LogP contribution is 2.27. The fourth-order valence-corrected chi connectivity index (χ4v) is 3.70. The van der Waals surface area contributed by atoms with Crippen LogP contribution in [-0.4, -0.2) is 29.5 Å². The molecule has 0 heterocycles. The van der Waals surface area contributed by atoms with E-state index in [4.69, 9.17) is 5.73 Å². The number of carbonyl (C=O) groups excluding carboxylic acids is 1. The predicted octanol–water partition coefficient (Wildman–Crippen LogP) is 2.93. The zero-order valence-electron chi connectivity index (χ0n) is 12.9. The van der Waals surface area contributed by atoms with Crippen LogP contribution < -0.4 is 11.1 Å². The maximum Gasteiger partial charge on any atom is 0.221 e. The normalized spacial score (nSPS) is 25.9. The molecular formula is C15H30N2OS. The summed E-state index contributed by atoms with van der Waals surface area (Å²) in [4.78, 5) is 12.0. The van der Waals surface area contributed by atoms with Crippen molar-refractivity contribution in [1.29, 1.82) is 0 Å². The van der Waals surface area contributed by atoms with Gasteiger partial charge in [0, 0.05) is 23.8 Å². The van der Waals surface area contributed by atoms with Gasteiger partial charge >= 0.3 is 0 Å². The molecule has 1 amide bonds.